The van der Waals surface area contributed by atoms with Gasteiger partial charge in [-0.1, -0.05) is 30.4 Å². The van der Waals surface area contributed by atoms with Crippen molar-refractivity contribution in [2.75, 3.05) is 11.9 Å². The van der Waals surface area contributed by atoms with Crippen LogP contribution < -0.4 is 16.2 Å². The molecule has 1 aromatic rings. The number of unbranched alkanes of at least 4 members (excludes halogenated alkanes) is 1. The number of anilines is 1. The highest BCUT2D eigenvalue weighted by atomic mass is 32.1. The summed E-state index contributed by atoms with van der Waals surface area (Å²) in [4.78, 5) is 10.6. The third-order valence-electron chi connectivity index (χ3n) is 5.50. The molecule has 2 saturated heterocycles. The van der Waals surface area contributed by atoms with Crippen LogP contribution in [0.15, 0.2) is 42.5 Å². The first-order valence-electron chi connectivity index (χ1n) is 10.0. The molecule has 152 valence electrons. The number of carboxylic acids is 1. The number of nitrogens with one attached hydrogen (secondary N) is 3. The molecular weight excluding hydrogens is 374 g/mol. The van der Waals surface area contributed by atoms with E-state index in [1.165, 1.54) is 0 Å². The van der Waals surface area contributed by atoms with Gasteiger partial charge in [-0.15, -0.1) is 0 Å². The van der Waals surface area contributed by atoms with Crippen LogP contribution in [0.1, 0.15) is 38.5 Å². The van der Waals surface area contributed by atoms with Crippen LogP contribution in [0.4, 0.5) is 5.69 Å². The van der Waals surface area contributed by atoms with E-state index in [9.17, 15) is 4.79 Å². The fourth-order valence-corrected chi connectivity index (χ4v) is 4.35. The van der Waals surface area contributed by atoms with Crippen LogP contribution in [-0.4, -0.2) is 34.9 Å². The summed E-state index contributed by atoms with van der Waals surface area (Å²) in [6.07, 6.45) is 9.95. The summed E-state index contributed by atoms with van der Waals surface area (Å²) in [6, 6.07) is 9.83. The number of aliphatic carboxylic acids is 1. The fourth-order valence-electron chi connectivity index (χ4n) is 4.16. The Labute approximate surface area is 171 Å². The van der Waals surface area contributed by atoms with Crippen molar-refractivity contribution in [2.24, 2.45) is 11.8 Å². The molecule has 2 bridgehead atoms. The lowest BCUT2D eigenvalue weighted by Gasteiger charge is -2.27. The normalized spacial score (nSPS) is 25.9. The van der Waals surface area contributed by atoms with Gasteiger partial charge in [-0.05, 0) is 62.4 Å². The number of hydrogen-bond acceptors (Lipinski definition) is 4. The van der Waals surface area contributed by atoms with Crippen molar-refractivity contribution in [3.8, 4) is 0 Å². The van der Waals surface area contributed by atoms with Crippen molar-refractivity contribution >= 4 is 29.0 Å². The van der Waals surface area contributed by atoms with E-state index in [-0.39, 0.29) is 6.42 Å². The van der Waals surface area contributed by atoms with E-state index in [0.29, 0.717) is 35.6 Å². The Morgan fingerprint density at radius 3 is 2.68 bits per heavy atom. The molecule has 0 unspecified atom stereocenters. The van der Waals surface area contributed by atoms with Crippen molar-refractivity contribution < 1.29 is 14.6 Å². The molecule has 7 heteroatoms. The molecule has 2 aliphatic heterocycles. The van der Waals surface area contributed by atoms with Gasteiger partial charge in [0.15, 0.2) is 5.11 Å². The molecule has 0 radical (unpaired) electrons. The summed E-state index contributed by atoms with van der Waals surface area (Å²) >= 11 is 5.33. The summed E-state index contributed by atoms with van der Waals surface area (Å²) in [5.41, 5.74) is 7.29. The molecule has 3 rings (SSSR count). The molecule has 1 aromatic carbocycles. The topological polar surface area (TPSA) is 82.6 Å². The Hall–Kier alpha value is -1.96. The highest BCUT2D eigenvalue weighted by Crippen LogP contribution is 2.44. The third-order valence-corrected chi connectivity index (χ3v) is 5.70. The largest absolute Gasteiger partial charge is 0.481 e. The number of fused-ring (bicyclic) bond motifs is 2. The van der Waals surface area contributed by atoms with Crippen LogP contribution in [0.25, 0.3) is 0 Å². The number of carbonyl (C=O) groups is 1. The Morgan fingerprint density at radius 2 is 1.93 bits per heavy atom. The van der Waals surface area contributed by atoms with Gasteiger partial charge in [0.2, 0.25) is 0 Å². The highest BCUT2D eigenvalue weighted by Gasteiger charge is 2.47. The monoisotopic (exact) mass is 403 g/mol. The van der Waals surface area contributed by atoms with Gasteiger partial charge in [0.1, 0.15) is 0 Å². The average molecular weight is 404 g/mol. The Balaban J connectivity index is 1.40. The lowest BCUT2D eigenvalue weighted by molar-refractivity contribution is -0.137. The predicted octanol–water partition coefficient (Wildman–Crippen LogP) is 3.47. The summed E-state index contributed by atoms with van der Waals surface area (Å²) in [5.74, 6) is 0.224. The standard InChI is InChI=1S/C21H29N3O3S/c25-20(26)11-7-2-1-6-10-16-17(19-13-12-18(16)27-19)14-22-24-21(28)23-15-8-4-3-5-9-15/h1,3-6,8-9,16-19,22H,2,7,10-14H2,(H,25,26)(H2,23,24,28)/b6-1-/t16-,17+,18-,19+/m1/s1. The quantitative estimate of drug-likeness (QED) is 0.206. The van der Waals surface area contributed by atoms with Crippen molar-refractivity contribution in [1.82, 2.24) is 10.9 Å². The van der Waals surface area contributed by atoms with Crippen LogP contribution in [-0.2, 0) is 9.53 Å². The van der Waals surface area contributed by atoms with Crippen LogP contribution in [0.5, 0.6) is 0 Å². The molecule has 0 amide bonds. The zero-order chi connectivity index (χ0) is 19.8. The second-order valence-electron chi connectivity index (χ2n) is 7.44. The van der Waals surface area contributed by atoms with E-state index < -0.39 is 5.97 Å². The molecule has 2 fully saturated rings. The number of benzene rings is 1. The molecular formula is C21H29N3O3S. The maximum atomic E-state index is 10.6. The van der Waals surface area contributed by atoms with Crippen molar-refractivity contribution in [1.29, 1.82) is 0 Å². The smallest absolute Gasteiger partial charge is 0.303 e. The molecule has 6 nitrogen and oxygen atoms in total. The van der Waals surface area contributed by atoms with E-state index in [4.69, 9.17) is 22.1 Å². The van der Waals surface area contributed by atoms with E-state index in [2.05, 4.69) is 28.3 Å². The minimum Gasteiger partial charge on any atom is -0.481 e. The Bertz CT molecular complexity index is 683. The zero-order valence-corrected chi connectivity index (χ0v) is 16.8. The molecule has 4 atom stereocenters. The number of hydrogen-bond donors (Lipinski definition) is 4. The first-order valence-corrected chi connectivity index (χ1v) is 10.4. The molecule has 0 aromatic heterocycles. The van der Waals surface area contributed by atoms with Gasteiger partial charge in [-0.2, -0.15) is 0 Å². The van der Waals surface area contributed by atoms with Gasteiger partial charge in [0.25, 0.3) is 0 Å². The first kappa shape index (κ1) is 20.8. The molecule has 28 heavy (non-hydrogen) atoms. The summed E-state index contributed by atoms with van der Waals surface area (Å²) in [6.45, 7) is 0.801. The van der Waals surface area contributed by atoms with E-state index in [1.807, 2.05) is 30.3 Å². The molecule has 0 aliphatic carbocycles. The van der Waals surface area contributed by atoms with E-state index >= 15 is 0 Å². The zero-order valence-electron chi connectivity index (χ0n) is 16.0. The summed E-state index contributed by atoms with van der Waals surface area (Å²) < 4.78 is 6.13. The average Bonchev–Trinajstić information content (AvgIpc) is 3.27. The summed E-state index contributed by atoms with van der Waals surface area (Å²) in [7, 11) is 0. The second-order valence-corrected chi connectivity index (χ2v) is 7.85. The molecule has 0 spiro atoms. The minimum absolute atomic E-state index is 0.233. The second kappa shape index (κ2) is 10.5. The van der Waals surface area contributed by atoms with Gasteiger partial charge in [0, 0.05) is 24.6 Å². The number of para-hydroxylation sites is 1. The summed E-state index contributed by atoms with van der Waals surface area (Å²) in [5, 5.41) is 12.4. The van der Waals surface area contributed by atoms with Crippen LogP contribution in [0.2, 0.25) is 0 Å². The Morgan fingerprint density at radius 1 is 1.18 bits per heavy atom. The molecule has 0 saturated carbocycles. The van der Waals surface area contributed by atoms with Gasteiger partial charge in [-0.3, -0.25) is 10.2 Å². The molecule has 2 aliphatic rings. The SMILES string of the molecule is O=C(O)CCC/C=C\C[C@@H]1[C@H](CNNC(=S)Nc2ccccc2)[C@@H]2CC[C@H]1O2. The number of rotatable bonds is 10. The van der Waals surface area contributed by atoms with Gasteiger partial charge in [-0.25, -0.2) is 5.43 Å². The minimum atomic E-state index is -0.729. The number of ether oxygens (including phenoxy) is 1. The van der Waals surface area contributed by atoms with Crippen molar-refractivity contribution in [3.63, 3.8) is 0 Å². The van der Waals surface area contributed by atoms with Crippen molar-refractivity contribution in [2.45, 2.75) is 50.7 Å². The van der Waals surface area contributed by atoms with E-state index in [1.54, 1.807) is 0 Å². The van der Waals surface area contributed by atoms with Crippen molar-refractivity contribution in [3.05, 3.63) is 42.5 Å². The maximum Gasteiger partial charge on any atom is 0.303 e. The van der Waals surface area contributed by atoms with Gasteiger partial charge < -0.3 is 15.2 Å². The predicted molar refractivity (Wildman–Crippen MR) is 114 cm³/mol. The molecule has 2 heterocycles. The van der Waals surface area contributed by atoms with Crippen LogP contribution in [0.3, 0.4) is 0 Å². The highest BCUT2D eigenvalue weighted by molar-refractivity contribution is 7.80. The maximum absolute atomic E-state index is 10.6. The lowest BCUT2D eigenvalue weighted by atomic mass is 9.77. The fraction of sp³-hybridized carbons (Fsp3) is 0.524. The van der Waals surface area contributed by atoms with Gasteiger partial charge in [0.05, 0.1) is 12.2 Å². The number of thiocarbonyl (C=S) groups is 1. The van der Waals surface area contributed by atoms with E-state index in [0.717, 1.165) is 37.9 Å². The first-order chi connectivity index (χ1) is 13.6. The number of allylic oxidation sites excluding steroid dienone is 2. The van der Waals surface area contributed by atoms with Crippen LogP contribution >= 0.6 is 12.2 Å². The van der Waals surface area contributed by atoms with Gasteiger partial charge >= 0.3 is 5.97 Å². The lowest BCUT2D eigenvalue weighted by Crippen LogP contribution is -2.45. The number of hydrazine groups is 1. The third kappa shape index (κ3) is 6.02. The van der Waals surface area contributed by atoms with Crippen LogP contribution in [0, 0.1) is 11.8 Å². The molecule has 4 N–H and O–H groups in total. The number of carboxylic acid groups (broad SMARTS) is 1. The Kier molecular flexibility index (Phi) is 7.82.